The lowest BCUT2D eigenvalue weighted by Gasteiger charge is -2.35. The lowest BCUT2D eigenvalue weighted by molar-refractivity contribution is -0.122. The second kappa shape index (κ2) is 11.4. The molecule has 32 heavy (non-hydrogen) atoms. The van der Waals surface area contributed by atoms with Gasteiger partial charge in [-0.15, -0.1) is 0 Å². The maximum atomic E-state index is 12.6. The molecule has 0 bridgehead atoms. The summed E-state index contributed by atoms with van der Waals surface area (Å²) in [4.78, 5) is 17.6. The number of ether oxygens (including phenoxy) is 1. The van der Waals surface area contributed by atoms with Gasteiger partial charge in [0.25, 0.3) is 0 Å². The first kappa shape index (κ1) is 24.2. The zero-order valence-electron chi connectivity index (χ0n) is 18.9. The van der Waals surface area contributed by atoms with Crippen molar-refractivity contribution in [2.45, 2.75) is 23.8 Å². The van der Waals surface area contributed by atoms with E-state index in [0.29, 0.717) is 25.2 Å². The molecule has 1 saturated heterocycles. The highest BCUT2D eigenvalue weighted by molar-refractivity contribution is 7.90. The molecule has 1 fully saturated rings. The Hall–Kier alpha value is -2.42. The normalized spacial score (nSPS) is 16.4. The van der Waals surface area contributed by atoms with Crippen molar-refractivity contribution in [3.63, 3.8) is 0 Å². The summed E-state index contributed by atoms with van der Waals surface area (Å²) in [5.74, 6) is 0.596. The van der Waals surface area contributed by atoms with Gasteiger partial charge >= 0.3 is 0 Å². The van der Waals surface area contributed by atoms with Crippen LogP contribution in [0.5, 0.6) is 5.75 Å². The van der Waals surface area contributed by atoms with Crippen molar-refractivity contribution in [2.75, 3.05) is 52.6 Å². The summed E-state index contributed by atoms with van der Waals surface area (Å²) >= 11 is 0. The van der Waals surface area contributed by atoms with Crippen molar-refractivity contribution < 1.29 is 17.9 Å². The second-order valence-corrected chi connectivity index (χ2v) is 10.3. The lowest BCUT2D eigenvalue weighted by atomic mass is 10.1. The Morgan fingerprint density at radius 2 is 1.69 bits per heavy atom. The Kier molecular flexibility index (Phi) is 8.67. The largest absolute Gasteiger partial charge is 0.494 e. The number of nitrogens with one attached hydrogen (secondary N) is 1. The van der Waals surface area contributed by atoms with Gasteiger partial charge in [0.05, 0.1) is 17.5 Å². The average molecular weight is 460 g/mol. The van der Waals surface area contributed by atoms with E-state index in [-0.39, 0.29) is 16.8 Å². The van der Waals surface area contributed by atoms with Crippen molar-refractivity contribution in [1.82, 2.24) is 15.1 Å². The summed E-state index contributed by atoms with van der Waals surface area (Å²) in [6.07, 6.45) is 2.12. The van der Waals surface area contributed by atoms with Crippen molar-refractivity contribution >= 4 is 15.7 Å². The van der Waals surface area contributed by atoms with E-state index in [9.17, 15) is 13.2 Å². The van der Waals surface area contributed by atoms with Gasteiger partial charge in [0.2, 0.25) is 5.91 Å². The molecule has 1 atom stereocenters. The predicted octanol–water partition coefficient (Wildman–Crippen LogP) is 2.35. The highest BCUT2D eigenvalue weighted by atomic mass is 32.2. The van der Waals surface area contributed by atoms with Gasteiger partial charge in [0.1, 0.15) is 5.75 Å². The number of carbonyl (C=O) groups is 1. The van der Waals surface area contributed by atoms with Crippen LogP contribution in [0.2, 0.25) is 0 Å². The number of piperazine rings is 1. The SMILES string of the molecule is CN1CCN(CC(NC(=O)CCCOc2ccc(S(C)(=O)=O)cc2)c2ccccc2)CC1. The molecule has 3 rings (SSSR count). The summed E-state index contributed by atoms with van der Waals surface area (Å²) in [7, 11) is -1.08. The molecule has 1 aliphatic heterocycles. The van der Waals surface area contributed by atoms with Gasteiger partial charge in [-0.05, 0) is 43.3 Å². The Morgan fingerprint density at radius 3 is 2.31 bits per heavy atom. The van der Waals surface area contributed by atoms with Crippen LogP contribution in [-0.4, -0.2) is 76.8 Å². The van der Waals surface area contributed by atoms with E-state index in [1.54, 1.807) is 12.1 Å². The molecule has 1 N–H and O–H groups in total. The van der Waals surface area contributed by atoms with Gasteiger partial charge in [0, 0.05) is 45.4 Å². The van der Waals surface area contributed by atoms with Crippen molar-refractivity contribution in [2.24, 2.45) is 0 Å². The molecule has 1 amide bonds. The third-order valence-corrected chi connectivity index (χ3v) is 6.77. The fraction of sp³-hybridized carbons (Fsp3) is 0.458. The summed E-state index contributed by atoms with van der Waals surface area (Å²) in [6.45, 7) is 5.27. The molecule has 7 nitrogen and oxygen atoms in total. The van der Waals surface area contributed by atoms with Gasteiger partial charge in [-0.2, -0.15) is 0 Å². The van der Waals surface area contributed by atoms with Crippen LogP contribution in [0.1, 0.15) is 24.4 Å². The van der Waals surface area contributed by atoms with Gasteiger partial charge in [-0.25, -0.2) is 8.42 Å². The smallest absolute Gasteiger partial charge is 0.220 e. The molecule has 0 aliphatic carbocycles. The number of benzene rings is 2. The Balaban J connectivity index is 1.47. The zero-order chi connectivity index (χ0) is 23.0. The first-order chi connectivity index (χ1) is 15.3. The standard InChI is InChI=1S/C24H33N3O4S/c1-26-14-16-27(17-15-26)19-23(20-7-4-3-5-8-20)25-24(28)9-6-18-31-21-10-12-22(13-11-21)32(2,29)30/h3-5,7-8,10-13,23H,6,9,14-19H2,1-2H3,(H,25,28). The highest BCUT2D eigenvalue weighted by Gasteiger charge is 2.21. The maximum Gasteiger partial charge on any atom is 0.220 e. The predicted molar refractivity (Wildman–Crippen MR) is 126 cm³/mol. The third kappa shape index (κ3) is 7.62. The molecule has 1 heterocycles. The Morgan fingerprint density at radius 1 is 1.03 bits per heavy atom. The van der Waals surface area contributed by atoms with Gasteiger partial charge < -0.3 is 15.0 Å². The molecule has 0 spiro atoms. The zero-order valence-corrected chi connectivity index (χ0v) is 19.7. The Labute approximate surface area is 191 Å². The number of sulfone groups is 1. The quantitative estimate of drug-likeness (QED) is 0.550. The van der Waals surface area contributed by atoms with Crippen LogP contribution in [0, 0.1) is 0 Å². The molecule has 8 heteroatoms. The molecule has 1 unspecified atom stereocenters. The number of carbonyl (C=O) groups excluding carboxylic acids is 1. The third-order valence-electron chi connectivity index (χ3n) is 5.64. The first-order valence-corrected chi connectivity index (χ1v) is 12.9. The van der Waals surface area contributed by atoms with Crippen LogP contribution in [0.3, 0.4) is 0 Å². The monoisotopic (exact) mass is 459 g/mol. The molecular formula is C24H33N3O4S. The minimum Gasteiger partial charge on any atom is -0.494 e. The molecular weight excluding hydrogens is 426 g/mol. The van der Waals surface area contributed by atoms with Crippen LogP contribution in [0.15, 0.2) is 59.5 Å². The number of amides is 1. The number of likely N-dealkylation sites (N-methyl/N-ethyl adjacent to an activating group) is 1. The summed E-state index contributed by atoms with van der Waals surface area (Å²) in [5.41, 5.74) is 1.11. The molecule has 174 valence electrons. The minimum atomic E-state index is -3.22. The summed E-state index contributed by atoms with van der Waals surface area (Å²) in [5, 5.41) is 3.20. The highest BCUT2D eigenvalue weighted by Crippen LogP contribution is 2.17. The molecule has 1 aliphatic rings. The molecule has 0 saturated carbocycles. The topological polar surface area (TPSA) is 79.0 Å². The average Bonchev–Trinajstić information content (AvgIpc) is 2.78. The Bertz CT molecular complexity index is 956. The molecule has 0 radical (unpaired) electrons. The van der Waals surface area contributed by atoms with Crippen LogP contribution in [0.25, 0.3) is 0 Å². The number of hydrogen-bond donors (Lipinski definition) is 1. The van der Waals surface area contributed by atoms with Crippen LogP contribution < -0.4 is 10.1 Å². The van der Waals surface area contributed by atoms with E-state index in [2.05, 4.69) is 34.3 Å². The lowest BCUT2D eigenvalue weighted by Crippen LogP contribution is -2.47. The fourth-order valence-electron chi connectivity index (χ4n) is 3.68. The van der Waals surface area contributed by atoms with Crippen molar-refractivity contribution in [3.8, 4) is 5.75 Å². The number of nitrogens with zero attached hydrogens (tertiary/aromatic N) is 2. The number of hydrogen-bond acceptors (Lipinski definition) is 6. The summed E-state index contributed by atoms with van der Waals surface area (Å²) in [6, 6.07) is 16.4. The van der Waals surface area contributed by atoms with E-state index >= 15 is 0 Å². The van der Waals surface area contributed by atoms with Gasteiger partial charge in [-0.1, -0.05) is 30.3 Å². The molecule has 0 aromatic heterocycles. The van der Waals surface area contributed by atoms with E-state index in [1.165, 1.54) is 18.4 Å². The van der Waals surface area contributed by atoms with E-state index in [0.717, 1.165) is 38.3 Å². The van der Waals surface area contributed by atoms with Crippen LogP contribution >= 0.6 is 0 Å². The maximum absolute atomic E-state index is 12.6. The first-order valence-electron chi connectivity index (χ1n) is 11.0. The van der Waals surface area contributed by atoms with Crippen molar-refractivity contribution in [1.29, 1.82) is 0 Å². The van der Waals surface area contributed by atoms with Gasteiger partial charge in [0.15, 0.2) is 9.84 Å². The van der Waals surface area contributed by atoms with E-state index in [1.807, 2.05) is 18.2 Å². The van der Waals surface area contributed by atoms with E-state index < -0.39 is 9.84 Å². The minimum absolute atomic E-state index is 0.00371. The summed E-state index contributed by atoms with van der Waals surface area (Å²) < 4.78 is 28.7. The van der Waals surface area contributed by atoms with Crippen LogP contribution in [-0.2, 0) is 14.6 Å². The fourth-order valence-corrected chi connectivity index (χ4v) is 4.31. The van der Waals surface area contributed by atoms with Crippen molar-refractivity contribution in [3.05, 3.63) is 60.2 Å². The van der Waals surface area contributed by atoms with Crippen LogP contribution in [0.4, 0.5) is 0 Å². The van der Waals surface area contributed by atoms with Gasteiger partial charge in [-0.3, -0.25) is 9.69 Å². The number of rotatable bonds is 10. The molecule has 2 aromatic carbocycles. The van der Waals surface area contributed by atoms with E-state index in [4.69, 9.17) is 4.74 Å². The molecule has 2 aromatic rings. The second-order valence-electron chi connectivity index (χ2n) is 8.33.